The number of hydrogen-bond acceptors (Lipinski definition) is 3. The molecule has 0 aromatic heterocycles. The number of carbonyl (C=O) groups is 3. The van der Waals surface area contributed by atoms with Crippen molar-refractivity contribution in [3.8, 4) is 0 Å². The van der Waals surface area contributed by atoms with Crippen molar-refractivity contribution in [3.05, 3.63) is 25.3 Å². The Morgan fingerprint density at radius 2 is 1.58 bits per heavy atom. The fourth-order valence-corrected chi connectivity index (χ4v) is 1.37. The van der Waals surface area contributed by atoms with E-state index in [1.165, 1.54) is 4.90 Å². The molecule has 0 saturated heterocycles. The Labute approximate surface area is 112 Å². The summed E-state index contributed by atoms with van der Waals surface area (Å²) in [5.74, 6) is -1.30. The minimum absolute atomic E-state index is 0.0281. The molecule has 19 heavy (non-hydrogen) atoms. The van der Waals surface area contributed by atoms with Crippen molar-refractivity contribution in [2.75, 3.05) is 13.1 Å². The van der Waals surface area contributed by atoms with Gasteiger partial charge in [-0.2, -0.15) is 0 Å². The largest absolute Gasteiger partial charge is 0.481 e. The highest BCUT2D eigenvalue weighted by Gasteiger charge is 2.13. The third kappa shape index (κ3) is 8.59. The van der Waals surface area contributed by atoms with Crippen LogP contribution < -0.4 is 5.32 Å². The van der Waals surface area contributed by atoms with Crippen molar-refractivity contribution >= 4 is 17.9 Å². The van der Waals surface area contributed by atoms with Crippen LogP contribution in [0.5, 0.6) is 0 Å². The van der Waals surface area contributed by atoms with E-state index in [9.17, 15) is 14.4 Å². The average Bonchev–Trinajstić information content (AvgIpc) is 2.34. The second-order valence-electron chi connectivity index (χ2n) is 3.94. The lowest BCUT2D eigenvalue weighted by Gasteiger charge is -2.19. The summed E-state index contributed by atoms with van der Waals surface area (Å²) >= 11 is 0. The maximum absolute atomic E-state index is 11.7. The van der Waals surface area contributed by atoms with Crippen LogP contribution in [-0.2, 0) is 9.59 Å². The van der Waals surface area contributed by atoms with Gasteiger partial charge in [0.05, 0.1) is 0 Å². The highest BCUT2D eigenvalue weighted by Crippen LogP contribution is 2.00. The Kier molecular flexibility index (Phi) is 8.78. The van der Waals surface area contributed by atoms with Crippen LogP contribution in [0, 0.1) is 0 Å². The number of nitrogens with one attached hydrogen (secondary N) is 1. The van der Waals surface area contributed by atoms with Crippen LogP contribution in [-0.4, -0.2) is 41.0 Å². The summed E-state index contributed by atoms with van der Waals surface area (Å²) in [6, 6.07) is -0.497. The highest BCUT2D eigenvalue weighted by molar-refractivity contribution is 5.94. The van der Waals surface area contributed by atoms with Crippen LogP contribution >= 0.6 is 0 Å². The molecule has 0 saturated carbocycles. The van der Waals surface area contributed by atoms with Crippen LogP contribution in [0.3, 0.4) is 0 Å². The molecule has 106 valence electrons. The van der Waals surface area contributed by atoms with Gasteiger partial charge in [0.1, 0.15) is 0 Å². The van der Waals surface area contributed by atoms with E-state index in [4.69, 9.17) is 5.11 Å². The van der Waals surface area contributed by atoms with Crippen LogP contribution in [0.4, 0.5) is 4.79 Å². The van der Waals surface area contributed by atoms with Gasteiger partial charge >= 0.3 is 12.0 Å². The van der Waals surface area contributed by atoms with Crippen LogP contribution in [0.15, 0.2) is 25.3 Å². The second kappa shape index (κ2) is 9.87. The van der Waals surface area contributed by atoms with Crippen molar-refractivity contribution in [1.29, 1.82) is 0 Å². The maximum atomic E-state index is 11.7. The maximum Gasteiger partial charge on any atom is 0.324 e. The van der Waals surface area contributed by atoms with Gasteiger partial charge in [-0.05, 0) is 12.8 Å². The molecule has 0 fully saturated rings. The summed E-state index contributed by atoms with van der Waals surface area (Å²) < 4.78 is 0. The normalized spacial score (nSPS) is 9.47. The number of aliphatic carboxylic acids is 1. The van der Waals surface area contributed by atoms with Gasteiger partial charge in [-0.25, -0.2) is 4.79 Å². The predicted molar refractivity (Wildman–Crippen MR) is 71.6 cm³/mol. The quantitative estimate of drug-likeness (QED) is 0.490. The zero-order chi connectivity index (χ0) is 14.7. The number of imide groups is 1. The summed E-state index contributed by atoms with van der Waals surface area (Å²) in [5, 5.41) is 10.7. The minimum Gasteiger partial charge on any atom is -0.481 e. The standard InChI is InChI=1S/C13H20N2O4/c1-3-9-15(10-4-2)13(19)14-11(16)7-5-6-8-12(17)18/h3-4H,1-2,5-10H2,(H,17,18)(H,14,16,19). The van der Waals surface area contributed by atoms with Gasteiger partial charge in [0.2, 0.25) is 5.91 Å². The third-order valence-electron chi connectivity index (χ3n) is 2.28. The number of unbranched alkanes of at least 4 members (excludes halogenated alkanes) is 1. The van der Waals surface area contributed by atoms with E-state index in [2.05, 4.69) is 18.5 Å². The zero-order valence-electron chi connectivity index (χ0n) is 10.9. The number of carboxylic acids is 1. The molecule has 0 heterocycles. The van der Waals surface area contributed by atoms with Crippen molar-refractivity contribution in [2.45, 2.75) is 25.7 Å². The molecule has 0 aliphatic heterocycles. The molecule has 0 aliphatic carbocycles. The predicted octanol–water partition coefficient (Wildman–Crippen LogP) is 1.54. The molecular formula is C13H20N2O4. The number of amides is 3. The van der Waals surface area contributed by atoms with E-state index in [-0.39, 0.29) is 12.8 Å². The van der Waals surface area contributed by atoms with E-state index >= 15 is 0 Å². The van der Waals surface area contributed by atoms with Crippen LogP contribution in [0.1, 0.15) is 25.7 Å². The van der Waals surface area contributed by atoms with Gasteiger partial charge in [0.15, 0.2) is 0 Å². The van der Waals surface area contributed by atoms with Crippen LogP contribution in [0.25, 0.3) is 0 Å². The molecule has 3 amide bonds. The fourth-order valence-electron chi connectivity index (χ4n) is 1.37. The van der Waals surface area contributed by atoms with Crippen molar-refractivity contribution < 1.29 is 19.5 Å². The zero-order valence-corrected chi connectivity index (χ0v) is 10.9. The molecule has 0 rings (SSSR count). The first-order valence-corrected chi connectivity index (χ1v) is 6.03. The van der Waals surface area contributed by atoms with E-state index in [0.29, 0.717) is 25.9 Å². The Morgan fingerprint density at radius 3 is 2.05 bits per heavy atom. The first kappa shape index (κ1) is 16.9. The SMILES string of the molecule is C=CCN(CC=C)C(=O)NC(=O)CCCCC(=O)O. The molecule has 6 nitrogen and oxygen atoms in total. The van der Waals surface area contributed by atoms with Gasteiger partial charge in [0.25, 0.3) is 0 Å². The highest BCUT2D eigenvalue weighted by atomic mass is 16.4. The fraction of sp³-hybridized carbons (Fsp3) is 0.462. The first-order valence-electron chi connectivity index (χ1n) is 6.03. The molecule has 6 heteroatoms. The summed E-state index contributed by atoms with van der Waals surface area (Å²) in [6.07, 6.45) is 4.13. The van der Waals surface area contributed by atoms with Crippen molar-refractivity contribution in [3.63, 3.8) is 0 Å². The summed E-state index contributed by atoms with van der Waals surface area (Å²) in [6.45, 7) is 7.70. The number of hydrogen-bond donors (Lipinski definition) is 2. The van der Waals surface area contributed by atoms with E-state index in [1.807, 2.05) is 0 Å². The molecule has 0 atom stereocenters. The Bertz CT molecular complexity index is 343. The number of nitrogens with zero attached hydrogens (tertiary/aromatic N) is 1. The lowest BCUT2D eigenvalue weighted by molar-refractivity contribution is -0.137. The van der Waals surface area contributed by atoms with Crippen LogP contribution in [0.2, 0.25) is 0 Å². The molecule has 0 aromatic rings. The average molecular weight is 268 g/mol. The lowest BCUT2D eigenvalue weighted by atomic mass is 10.2. The lowest BCUT2D eigenvalue weighted by Crippen LogP contribution is -2.42. The minimum atomic E-state index is -0.889. The topological polar surface area (TPSA) is 86.7 Å². The number of carboxylic acid groups (broad SMARTS) is 1. The third-order valence-corrected chi connectivity index (χ3v) is 2.28. The molecule has 0 radical (unpaired) electrons. The second-order valence-corrected chi connectivity index (χ2v) is 3.94. The monoisotopic (exact) mass is 268 g/mol. The van der Waals surface area contributed by atoms with Gasteiger partial charge in [-0.3, -0.25) is 14.9 Å². The Balaban J connectivity index is 4.01. The number of rotatable bonds is 9. The number of urea groups is 1. The molecule has 0 unspecified atom stereocenters. The Morgan fingerprint density at radius 1 is 1.05 bits per heavy atom. The molecule has 2 N–H and O–H groups in total. The van der Waals surface area contributed by atoms with Gasteiger partial charge < -0.3 is 10.0 Å². The first-order chi connectivity index (χ1) is 9.01. The summed E-state index contributed by atoms with van der Waals surface area (Å²) in [7, 11) is 0. The smallest absolute Gasteiger partial charge is 0.324 e. The van der Waals surface area contributed by atoms with E-state index in [0.717, 1.165) is 0 Å². The van der Waals surface area contributed by atoms with Crippen molar-refractivity contribution in [1.82, 2.24) is 10.2 Å². The van der Waals surface area contributed by atoms with Gasteiger partial charge in [-0.1, -0.05) is 12.2 Å². The number of carbonyl (C=O) groups excluding carboxylic acids is 2. The molecule has 0 aliphatic rings. The summed E-state index contributed by atoms with van der Waals surface area (Å²) in [4.78, 5) is 34.8. The molecule has 0 bridgehead atoms. The summed E-state index contributed by atoms with van der Waals surface area (Å²) in [5.41, 5.74) is 0. The molecule has 0 aromatic carbocycles. The molecular weight excluding hydrogens is 248 g/mol. The van der Waals surface area contributed by atoms with E-state index in [1.54, 1.807) is 12.2 Å². The Hall–Kier alpha value is -2.11. The van der Waals surface area contributed by atoms with Crippen molar-refractivity contribution in [2.24, 2.45) is 0 Å². The van der Waals surface area contributed by atoms with Gasteiger partial charge in [0, 0.05) is 25.9 Å². The van der Waals surface area contributed by atoms with E-state index < -0.39 is 17.9 Å². The molecule has 0 spiro atoms. The van der Waals surface area contributed by atoms with Gasteiger partial charge in [-0.15, -0.1) is 13.2 Å².